The van der Waals surface area contributed by atoms with Gasteiger partial charge in [0.05, 0.1) is 29.1 Å². The molecule has 10 heteroatoms. The molecular weight excluding hydrogens is 378 g/mol. The lowest BCUT2D eigenvalue weighted by molar-refractivity contribution is 0.142. The van der Waals surface area contributed by atoms with Gasteiger partial charge in [0.1, 0.15) is 11.6 Å². The molecule has 0 radical (unpaired) electrons. The molecule has 4 N–H and O–H groups in total. The van der Waals surface area contributed by atoms with Crippen molar-refractivity contribution in [2.45, 2.75) is 13.0 Å². The first kappa shape index (κ1) is 17.8. The van der Waals surface area contributed by atoms with Crippen molar-refractivity contribution < 1.29 is 22.1 Å². The number of rotatable bonds is 4. The molecule has 4 rings (SSSR count). The molecule has 0 atom stereocenters. The number of fused-ring (bicyclic) bond motifs is 1. The molecule has 0 spiro atoms. The molecule has 0 bridgehead atoms. The van der Waals surface area contributed by atoms with Crippen LogP contribution in [0.5, 0.6) is 0 Å². The number of halogens is 4. The molecule has 144 valence electrons. The summed E-state index contributed by atoms with van der Waals surface area (Å²) in [5, 5.41) is 4.10. The zero-order chi connectivity index (χ0) is 20.0. The second-order valence-electron chi connectivity index (χ2n) is 6.13. The Morgan fingerprint density at radius 3 is 2.43 bits per heavy atom. The Labute approximate surface area is 155 Å². The molecular formula is C18H13F4N5O. The summed E-state index contributed by atoms with van der Waals surface area (Å²) in [6, 6.07) is 7.10. The quantitative estimate of drug-likeness (QED) is 0.403. The highest BCUT2D eigenvalue weighted by atomic mass is 19.3. The van der Waals surface area contributed by atoms with Gasteiger partial charge in [-0.15, -0.1) is 0 Å². The molecule has 0 saturated carbocycles. The molecule has 28 heavy (non-hydrogen) atoms. The van der Waals surface area contributed by atoms with Crippen molar-refractivity contribution >= 4 is 22.3 Å². The number of hydrogen-bond acceptors (Lipinski definition) is 5. The molecule has 0 unspecified atom stereocenters. The van der Waals surface area contributed by atoms with Crippen molar-refractivity contribution in [2.75, 3.05) is 11.5 Å². The Morgan fingerprint density at radius 1 is 1.04 bits per heavy atom. The van der Waals surface area contributed by atoms with Gasteiger partial charge >= 0.3 is 0 Å². The summed E-state index contributed by atoms with van der Waals surface area (Å²) in [5.74, 6) is -1.69. The summed E-state index contributed by atoms with van der Waals surface area (Å²) in [5.41, 5.74) is 12.3. The fourth-order valence-corrected chi connectivity index (χ4v) is 3.01. The van der Waals surface area contributed by atoms with E-state index >= 15 is 0 Å². The smallest absolute Gasteiger partial charge is 0.278 e. The zero-order valence-corrected chi connectivity index (χ0v) is 14.2. The van der Waals surface area contributed by atoms with Crippen LogP contribution >= 0.6 is 0 Å². The van der Waals surface area contributed by atoms with Crippen LogP contribution in [-0.2, 0) is 6.54 Å². The van der Waals surface area contributed by atoms with E-state index in [2.05, 4.69) is 10.1 Å². The molecule has 2 heterocycles. The van der Waals surface area contributed by atoms with Gasteiger partial charge < -0.3 is 20.6 Å². The van der Waals surface area contributed by atoms with Crippen molar-refractivity contribution in [1.29, 1.82) is 0 Å². The highest BCUT2D eigenvalue weighted by Crippen LogP contribution is 2.34. The molecule has 0 saturated heterocycles. The van der Waals surface area contributed by atoms with E-state index in [0.29, 0.717) is 17.0 Å². The summed E-state index contributed by atoms with van der Waals surface area (Å²) < 4.78 is 60.1. The Kier molecular flexibility index (Phi) is 4.17. The third kappa shape index (κ3) is 3.02. The van der Waals surface area contributed by atoms with Gasteiger partial charge in [-0.25, -0.2) is 17.6 Å². The third-order valence-corrected chi connectivity index (χ3v) is 4.29. The topological polar surface area (TPSA) is 95.9 Å². The summed E-state index contributed by atoms with van der Waals surface area (Å²) in [4.78, 5) is 4.05. The summed E-state index contributed by atoms with van der Waals surface area (Å²) in [7, 11) is 0. The van der Waals surface area contributed by atoms with Crippen LogP contribution in [0.2, 0.25) is 0 Å². The maximum absolute atomic E-state index is 13.5. The fraction of sp³-hybridized carbons (Fsp3) is 0.111. The first-order chi connectivity index (χ1) is 13.3. The van der Waals surface area contributed by atoms with Crippen LogP contribution in [0.25, 0.3) is 22.4 Å². The van der Waals surface area contributed by atoms with E-state index in [1.807, 2.05) is 0 Å². The average molecular weight is 391 g/mol. The largest absolute Gasteiger partial charge is 0.397 e. The number of hydrogen-bond donors (Lipinski definition) is 2. The number of aromatic nitrogens is 3. The van der Waals surface area contributed by atoms with Gasteiger partial charge in [-0.3, -0.25) is 0 Å². The highest BCUT2D eigenvalue weighted by molar-refractivity contribution is 5.97. The molecule has 2 aromatic heterocycles. The average Bonchev–Trinajstić information content (AvgIpc) is 3.23. The highest BCUT2D eigenvalue weighted by Gasteiger charge is 2.21. The van der Waals surface area contributed by atoms with Gasteiger partial charge in [0.2, 0.25) is 0 Å². The lowest BCUT2D eigenvalue weighted by atomic mass is 10.2. The maximum atomic E-state index is 13.5. The van der Waals surface area contributed by atoms with Crippen LogP contribution in [0.15, 0.2) is 40.9 Å². The van der Waals surface area contributed by atoms with E-state index in [4.69, 9.17) is 16.0 Å². The molecule has 0 aliphatic rings. The monoisotopic (exact) mass is 391 g/mol. The number of nitrogens with two attached hydrogens (primary N) is 2. The van der Waals surface area contributed by atoms with Crippen LogP contribution in [0.1, 0.15) is 17.9 Å². The van der Waals surface area contributed by atoms with Gasteiger partial charge in [-0.1, -0.05) is 5.16 Å². The van der Waals surface area contributed by atoms with Gasteiger partial charge in [0.25, 0.3) is 12.3 Å². The lowest BCUT2D eigenvalue weighted by Crippen LogP contribution is -2.06. The Balaban J connectivity index is 1.76. The standard InChI is InChI=1S/C18H13F4N5O/c19-9-3-8(4-10(20)5-9)18-25-15(26-28-18)7-27-13-2-1-12(23)16(24)11(13)6-14(27)17(21)22/h1-6,17H,7,23-24H2. The van der Waals surface area contributed by atoms with E-state index in [9.17, 15) is 17.6 Å². The predicted molar refractivity (Wildman–Crippen MR) is 94.5 cm³/mol. The van der Waals surface area contributed by atoms with E-state index in [1.165, 1.54) is 16.7 Å². The van der Waals surface area contributed by atoms with Crippen LogP contribution in [0.4, 0.5) is 28.9 Å². The van der Waals surface area contributed by atoms with Gasteiger partial charge in [-0.2, -0.15) is 4.98 Å². The van der Waals surface area contributed by atoms with Crippen molar-refractivity contribution in [3.05, 3.63) is 59.6 Å². The van der Waals surface area contributed by atoms with Crippen LogP contribution in [0.3, 0.4) is 0 Å². The zero-order valence-electron chi connectivity index (χ0n) is 14.2. The second-order valence-corrected chi connectivity index (χ2v) is 6.13. The number of nitrogen functional groups attached to an aromatic ring is 2. The minimum Gasteiger partial charge on any atom is -0.397 e. The minimum atomic E-state index is -2.78. The van der Waals surface area contributed by atoms with Crippen molar-refractivity contribution in [2.24, 2.45) is 0 Å². The van der Waals surface area contributed by atoms with Gasteiger partial charge in [0, 0.05) is 17.0 Å². The Hall–Kier alpha value is -3.56. The van der Waals surface area contributed by atoms with E-state index < -0.39 is 18.1 Å². The van der Waals surface area contributed by atoms with Crippen LogP contribution < -0.4 is 11.5 Å². The summed E-state index contributed by atoms with van der Waals surface area (Å²) in [6.07, 6.45) is -2.78. The van der Waals surface area contributed by atoms with Crippen molar-refractivity contribution in [3.8, 4) is 11.5 Å². The fourth-order valence-electron chi connectivity index (χ4n) is 3.01. The Morgan fingerprint density at radius 2 is 1.75 bits per heavy atom. The molecule has 0 fully saturated rings. The van der Waals surface area contributed by atoms with Gasteiger partial charge in [-0.05, 0) is 30.3 Å². The van der Waals surface area contributed by atoms with Crippen LogP contribution in [-0.4, -0.2) is 14.7 Å². The Bertz CT molecular complexity index is 1160. The SMILES string of the molecule is Nc1ccc2c(cc(C(F)F)n2Cc2noc(-c3cc(F)cc(F)c3)n2)c1N. The molecule has 0 amide bonds. The molecule has 6 nitrogen and oxygen atoms in total. The van der Waals surface area contributed by atoms with Crippen molar-refractivity contribution in [1.82, 2.24) is 14.7 Å². The van der Waals surface area contributed by atoms with E-state index in [-0.39, 0.29) is 40.9 Å². The van der Waals surface area contributed by atoms with E-state index in [1.54, 1.807) is 6.07 Å². The molecule has 0 aliphatic carbocycles. The minimum absolute atomic E-state index is 0.0414. The first-order valence-electron chi connectivity index (χ1n) is 8.08. The summed E-state index contributed by atoms with van der Waals surface area (Å²) in [6.45, 7) is -0.159. The summed E-state index contributed by atoms with van der Waals surface area (Å²) >= 11 is 0. The second kappa shape index (κ2) is 6.55. The maximum Gasteiger partial charge on any atom is 0.278 e. The molecule has 0 aliphatic heterocycles. The van der Waals surface area contributed by atoms with Crippen LogP contribution in [0, 0.1) is 11.6 Å². The van der Waals surface area contributed by atoms with Crippen molar-refractivity contribution in [3.63, 3.8) is 0 Å². The number of alkyl halides is 2. The lowest BCUT2D eigenvalue weighted by Gasteiger charge is -2.08. The first-order valence-corrected chi connectivity index (χ1v) is 8.08. The normalized spacial score (nSPS) is 11.6. The number of anilines is 2. The molecule has 2 aromatic carbocycles. The molecule has 4 aromatic rings. The predicted octanol–water partition coefficient (Wildman–Crippen LogP) is 4.12. The number of nitrogens with zero attached hydrogens (tertiary/aromatic N) is 3. The van der Waals surface area contributed by atoms with Gasteiger partial charge in [0.15, 0.2) is 5.82 Å². The number of benzene rings is 2. The van der Waals surface area contributed by atoms with E-state index in [0.717, 1.165) is 12.1 Å². The third-order valence-electron chi connectivity index (χ3n) is 4.29.